The first-order chi connectivity index (χ1) is 15.1. The Kier molecular flexibility index (Phi) is 6.93. The molecule has 10 nitrogen and oxygen atoms in total. The second kappa shape index (κ2) is 9.47. The van der Waals surface area contributed by atoms with E-state index in [9.17, 15) is 19.5 Å². The average Bonchev–Trinajstić information content (AvgIpc) is 2.90. The van der Waals surface area contributed by atoms with Gasteiger partial charge in [0, 0.05) is 31.0 Å². The van der Waals surface area contributed by atoms with Crippen molar-refractivity contribution in [3.8, 4) is 0 Å². The molecule has 2 aliphatic heterocycles. The van der Waals surface area contributed by atoms with Crippen molar-refractivity contribution in [2.45, 2.75) is 32.9 Å². The van der Waals surface area contributed by atoms with Gasteiger partial charge in [-0.3, -0.25) is 4.79 Å². The lowest BCUT2D eigenvalue weighted by molar-refractivity contribution is -0.136. The number of carbonyl (C=O) groups excluding carboxylic acids is 3. The third kappa shape index (κ3) is 5.31. The van der Waals surface area contributed by atoms with Crippen LogP contribution in [-0.2, 0) is 25.6 Å². The van der Waals surface area contributed by atoms with Crippen LogP contribution in [0.15, 0.2) is 29.5 Å². The fourth-order valence-corrected chi connectivity index (χ4v) is 3.56. The summed E-state index contributed by atoms with van der Waals surface area (Å²) in [5, 5.41) is 15.5. The molecular formula is C22H30N4O6. The number of aliphatic hydroxyl groups excluding tert-OH is 1. The molecule has 3 rings (SSSR count). The molecule has 0 aliphatic carbocycles. The van der Waals surface area contributed by atoms with E-state index < -0.39 is 17.7 Å². The van der Waals surface area contributed by atoms with Crippen molar-refractivity contribution < 1.29 is 29.0 Å². The average molecular weight is 447 g/mol. The number of amides is 2. The molecule has 1 aromatic rings. The Morgan fingerprint density at radius 3 is 2.66 bits per heavy atom. The summed E-state index contributed by atoms with van der Waals surface area (Å²) < 4.78 is 10.3. The SMILES string of the molecule is COC(=O)C1=C(Nc2ccc3c(c2)CN(C(=O)OC(C)(C)C)CCN3)C(=O)N(CCO)C1. The predicted molar refractivity (Wildman–Crippen MR) is 118 cm³/mol. The molecule has 0 aromatic heterocycles. The van der Waals surface area contributed by atoms with Gasteiger partial charge in [0.1, 0.15) is 11.3 Å². The Labute approximate surface area is 187 Å². The first-order valence-corrected chi connectivity index (χ1v) is 10.5. The van der Waals surface area contributed by atoms with Gasteiger partial charge in [0.05, 0.1) is 32.4 Å². The summed E-state index contributed by atoms with van der Waals surface area (Å²) in [5.41, 5.74) is 2.04. The van der Waals surface area contributed by atoms with Crippen molar-refractivity contribution in [2.75, 3.05) is 50.5 Å². The number of aliphatic hydroxyl groups is 1. The van der Waals surface area contributed by atoms with Crippen LogP contribution in [0.2, 0.25) is 0 Å². The van der Waals surface area contributed by atoms with Gasteiger partial charge in [0.25, 0.3) is 5.91 Å². The summed E-state index contributed by atoms with van der Waals surface area (Å²) >= 11 is 0. The van der Waals surface area contributed by atoms with E-state index in [1.807, 2.05) is 32.9 Å². The van der Waals surface area contributed by atoms with Crippen molar-refractivity contribution in [3.63, 3.8) is 0 Å². The third-order valence-electron chi connectivity index (χ3n) is 5.04. The highest BCUT2D eigenvalue weighted by atomic mass is 16.6. The van der Waals surface area contributed by atoms with E-state index in [0.717, 1.165) is 11.3 Å². The van der Waals surface area contributed by atoms with Crippen LogP contribution in [0, 0.1) is 0 Å². The lowest BCUT2D eigenvalue weighted by Gasteiger charge is -2.26. The van der Waals surface area contributed by atoms with E-state index in [0.29, 0.717) is 25.3 Å². The predicted octanol–water partition coefficient (Wildman–Crippen LogP) is 1.52. The molecule has 2 heterocycles. The molecule has 2 aliphatic rings. The zero-order valence-corrected chi connectivity index (χ0v) is 18.9. The van der Waals surface area contributed by atoms with Crippen LogP contribution in [0.1, 0.15) is 26.3 Å². The molecule has 0 saturated carbocycles. The Hall–Kier alpha value is -3.27. The van der Waals surface area contributed by atoms with E-state index in [4.69, 9.17) is 9.47 Å². The van der Waals surface area contributed by atoms with E-state index in [-0.39, 0.29) is 36.9 Å². The van der Waals surface area contributed by atoms with Gasteiger partial charge in [-0.25, -0.2) is 9.59 Å². The first-order valence-electron chi connectivity index (χ1n) is 10.5. The highest BCUT2D eigenvalue weighted by Crippen LogP contribution is 2.28. The summed E-state index contributed by atoms with van der Waals surface area (Å²) in [4.78, 5) is 40.5. The largest absolute Gasteiger partial charge is 0.466 e. The number of hydrogen-bond donors (Lipinski definition) is 3. The molecule has 0 radical (unpaired) electrons. The second-order valence-electron chi connectivity index (χ2n) is 8.62. The number of nitrogens with zero attached hydrogens (tertiary/aromatic N) is 2. The molecule has 0 spiro atoms. The monoisotopic (exact) mass is 446 g/mol. The molecule has 0 saturated heterocycles. The molecule has 3 N–H and O–H groups in total. The number of methoxy groups -OCH3 is 1. The van der Waals surface area contributed by atoms with Gasteiger partial charge in [0.15, 0.2) is 0 Å². The summed E-state index contributed by atoms with van der Waals surface area (Å²) in [7, 11) is 1.26. The topological polar surface area (TPSA) is 120 Å². The van der Waals surface area contributed by atoms with E-state index in [2.05, 4.69) is 10.6 Å². The summed E-state index contributed by atoms with van der Waals surface area (Å²) in [6.45, 7) is 6.83. The van der Waals surface area contributed by atoms with Crippen molar-refractivity contribution in [2.24, 2.45) is 0 Å². The Morgan fingerprint density at radius 1 is 1.25 bits per heavy atom. The number of β-amino-alcohol motifs (C(OH)–C–C–N with tert-alkyl or cyclic N) is 1. The number of anilines is 2. The minimum absolute atomic E-state index is 0.0628. The quantitative estimate of drug-likeness (QED) is 0.583. The summed E-state index contributed by atoms with van der Waals surface area (Å²) in [6, 6.07) is 5.48. The molecule has 32 heavy (non-hydrogen) atoms. The van der Waals surface area contributed by atoms with Crippen LogP contribution < -0.4 is 10.6 Å². The van der Waals surface area contributed by atoms with Gasteiger partial charge in [-0.2, -0.15) is 0 Å². The fourth-order valence-electron chi connectivity index (χ4n) is 3.56. The normalized spacial score (nSPS) is 16.3. The van der Waals surface area contributed by atoms with Crippen molar-refractivity contribution in [1.29, 1.82) is 0 Å². The summed E-state index contributed by atoms with van der Waals surface area (Å²) in [6.07, 6.45) is -0.396. The molecular weight excluding hydrogens is 416 g/mol. The van der Waals surface area contributed by atoms with Gasteiger partial charge in [-0.15, -0.1) is 0 Å². The lowest BCUT2D eigenvalue weighted by Crippen LogP contribution is -2.37. The smallest absolute Gasteiger partial charge is 0.410 e. The molecule has 0 atom stereocenters. The van der Waals surface area contributed by atoms with Crippen LogP contribution in [0.25, 0.3) is 0 Å². The zero-order valence-electron chi connectivity index (χ0n) is 18.9. The summed E-state index contributed by atoms with van der Waals surface area (Å²) in [5.74, 6) is -0.989. The number of hydrogen-bond acceptors (Lipinski definition) is 8. The zero-order chi connectivity index (χ0) is 23.5. The first kappa shape index (κ1) is 23.4. The Bertz CT molecular complexity index is 937. The molecule has 0 fully saturated rings. The molecule has 2 amide bonds. The molecule has 0 bridgehead atoms. The van der Waals surface area contributed by atoms with Crippen LogP contribution in [0.3, 0.4) is 0 Å². The number of ether oxygens (including phenoxy) is 2. The Balaban J connectivity index is 1.84. The van der Waals surface area contributed by atoms with Crippen molar-refractivity contribution in [3.05, 3.63) is 35.0 Å². The van der Waals surface area contributed by atoms with Crippen LogP contribution in [-0.4, -0.2) is 78.4 Å². The van der Waals surface area contributed by atoms with Crippen molar-refractivity contribution in [1.82, 2.24) is 9.80 Å². The van der Waals surface area contributed by atoms with Crippen LogP contribution >= 0.6 is 0 Å². The van der Waals surface area contributed by atoms with Gasteiger partial charge in [-0.05, 0) is 44.5 Å². The molecule has 174 valence electrons. The van der Waals surface area contributed by atoms with E-state index in [1.54, 1.807) is 11.0 Å². The third-order valence-corrected chi connectivity index (χ3v) is 5.04. The van der Waals surface area contributed by atoms with E-state index in [1.165, 1.54) is 12.0 Å². The van der Waals surface area contributed by atoms with Crippen LogP contribution in [0.4, 0.5) is 16.2 Å². The van der Waals surface area contributed by atoms with Gasteiger partial charge in [-0.1, -0.05) is 0 Å². The van der Waals surface area contributed by atoms with Gasteiger partial charge >= 0.3 is 12.1 Å². The second-order valence-corrected chi connectivity index (χ2v) is 8.62. The van der Waals surface area contributed by atoms with Crippen molar-refractivity contribution >= 4 is 29.3 Å². The maximum absolute atomic E-state index is 12.8. The number of carbonyl (C=O) groups is 3. The fraction of sp³-hybridized carbons (Fsp3) is 0.500. The minimum atomic E-state index is -0.603. The number of benzene rings is 1. The Morgan fingerprint density at radius 2 is 2.00 bits per heavy atom. The number of esters is 1. The van der Waals surface area contributed by atoms with Crippen LogP contribution in [0.5, 0.6) is 0 Å². The molecule has 10 heteroatoms. The standard InChI is InChI=1S/C22H30N4O6/c1-22(2,3)32-21(30)26-8-7-23-17-6-5-15(11-14(17)12-26)24-18-16(20(29)31-4)13-25(9-10-27)19(18)28/h5-6,11,23-24,27H,7-10,12-13H2,1-4H3. The van der Waals surface area contributed by atoms with E-state index >= 15 is 0 Å². The number of rotatable bonds is 5. The number of fused-ring (bicyclic) bond motifs is 1. The highest BCUT2D eigenvalue weighted by molar-refractivity contribution is 6.08. The van der Waals surface area contributed by atoms with Gasteiger partial charge < -0.3 is 35.0 Å². The molecule has 1 aromatic carbocycles. The maximum atomic E-state index is 12.8. The minimum Gasteiger partial charge on any atom is -0.466 e. The molecule has 0 unspecified atom stereocenters. The highest BCUT2D eigenvalue weighted by Gasteiger charge is 2.34. The number of nitrogens with one attached hydrogen (secondary N) is 2. The lowest BCUT2D eigenvalue weighted by atomic mass is 10.1. The van der Waals surface area contributed by atoms with Gasteiger partial charge in [0.2, 0.25) is 0 Å². The maximum Gasteiger partial charge on any atom is 0.410 e.